The zero-order chi connectivity index (χ0) is 24.1. The smallest absolute Gasteiger partial charge is 0.313 e. The van der Waals surface area contributed by atoms with E-state index in [-0.39, 0.29) is 23.7 Å². The first-order valence-electron chi connectivity index (χ1n) is 11.6. The lowest BCUT2D eigenvalue weighted by Gasteiger charge is -2.46. The van der Waals surface area contributed by atoms with E-state index in [9.17, 15) is 9.59 Å². The van der Waals surface area contributed by atoms with Gasteiger partial charge in [0.05, 0.1) is 17.6 Å². The van der Waals surface area contributed by atoms with E-state index >= 15 is 0 Å². The van der Waals surface area contributed by atoms with Crippen molar-refractivity contribution in [2.45, 2.75) is 83.3 Å². The van der Waals surface area contributed by atoms with Gasteiger partial charge in [0.25, 0.3) is 0 Å². The van der Waals surface area contributed by atoms with E-state index in [1.807, 2.05) is 18.3 Å². The summed E-state index contributed by atoms with van der Waals surface area (Å²) in [5, 5.41) is 26.3. The molecule has 0 spiro atoms. The first kappa shape index (κ1) is 24.9. The minimum Gasteiger partial charge on any atom is -0.396 e. The van der Waals surface area contributed by atoms with Gasteiger partial charge < -0.3 is 21.1 Å². The van der Waals surface area contributed by atoms with Gasteiger partial charge in [0.1, 0.15) is 0 Å². The van der Waals surface area contributed by atoms with Crippen LogP contribution in [0, 0.1) is 0 Å². The van der Waals surface area contributed by atoms with E-state index in [2.05, 4.69) is 54.0 Å². The van der Waals surface area contributed by atoms with Crippen molar-refractivity contribution in [3.05, 3.63) is 36.2 Å². The van der Waals surface area contributed by atoms with Gasteiger partial charge in [0, 0.05) is 29.4 Å². The number of unbranched alkanes of at least 4 members (excludes halogenated alkanes) is 2. The summed E-state index contributed by atoms with van der Waals surface area (Å²) >= 11 is 0. The van der Waals surface area contributed by atoms with Crippen LogP contribution >= 0.6 is 0 Å². The number of carbonyl (C=O) groups is 2. The van der Waals surface area contributed by atoms with Crippen molar-refractivity contribution >= 4 is 17.5 Å². The molecule has 0 bridgehead atoms. The number of piperidine rings is 1. The Bertz CT molecular complexity index is 935. The third-order valence-electron chi connectivity index (χ3n) is 5.75. The second-order valence-corrected chi connectivity index (χ2v) is 10.2. The highest BCUT2D eigenvalue weighted by Gasteiger charge is 2.38. The Hall–Kier alpha value is -2.78. The molecule has 9 heteroatoms. The number of aliphatic hydroxyl groups is 1. The van der Waals surface area contributed by atoms with Gasteiger partial charge in [-0.1, -0.05) is 11.6 Å². The predicted molar refractivity (Wildman–Crippen MR) is 127 cm³/mol. The number of aliphatic hydroxyl groups excluding tert-OH is 1. The third-order valence-corrected chi connectivity index (χ3v) is 5.75. The Morgan fingerprint density at radius 3 is 2.36 bits per heavy atom. The molecule has 1 aromatic carbocycles. The van der Waals surface area contributed by atoms with Crippen LogP contribution in [0.4, 0.5) is 5.69 Å². The van der Waals surface area contributed by atoms with E-state index in [1.54, 1.807) is 16.8 Å². The summed E-state index contributed by atoms with van der Waals surface area (Å²) in [6.07, 6.45) is 6.91. The number of benzene rings is 1. The first-order chi connectivity index (χ1) is 15.6. The highest BCUT2D eigenvalue weighted by atomic mass is 16.3. The zero-order valence-electron chi connectivity index (χ0n) is 20.0. The summed E-state index contributed by atoms with van der Waals surface area (Å²) in [7, 11) is 0. The van der Waals surface area contributed by atoms with Crippen LogP contribution in [0.5, 0.6) is 0 Å². The van der Waals surface area contributed by atoms with Gasteiger partial charge in [0.2, 0.25) is 0 Å². The number of nitrogens with zero attached hydrogens (tertiary/aromatic N) is 3. The number of anilines is 1. The molecule has 0 radical (unpaired) electrons. The summed E-state index contributed by atoms with van der Waals surface area (Å²) in [5.41, 5.74) is 2.01. The summed E-state index contributed by atoms with van der Waals surface area (Å²) in [5.74, 6) is -1.30. The van der Waals surface area contributed by atoms with Gasteiger partial charge in [-0.15, -0.1) is 5.10 Å². The zero-order valence-corrected chi connectivity index (χ0v) is 20.0. The van der Waals surface area contributed by atoms with Crippen molar-refractivity contribution in [3.63, 3.8) is 0 Å². The van der Waals surface area contributed by atoms with E-state index in [0.29, 0.717) is 5.69 Å². The molecule has 1 aliphatic rings. The van der Waals surface area contributed by atoms with Gasteiger partial charge >= 0.3 is 11.8 Å². The molecule has 2 amide bonds. The number of hydrogen-bond donors (Lipinski definition) is 4. The number of hydrogen-bond acceptors (Lipinski definition) is 6. The van der Waals surface area contributed by atoms with Gasteiger partial charge in [-0.25, -0.2) is 4.68 Å². The monoisotopic (exact) mass is 456 g/mol. The molecule has 0 atom stereocenters. The van der Waals surface area contributed by atoms with Crippen LogP contribution < -0.4 is 16.0 Å². The van der Waals surface area contributed by atoms with Crippen LogP contribution in [-0.2, 0) is 16.0 Å². The quantitative estimate of drug-likeness (QED) is 0.357. The summed E-state index contributed by atoms with van der Waals surface area (Å²) in [4.78, 5) is 24.9. The van der Waals surface area contributed by atoms with Crippen LogP contribution in [0.25, 0.3) is 5.69 Å². The average Bonchev–Trinajstić information content (AvgIpc) is 3.18. The molecule has 1 aromatic heterocycles. The molecule has 9 nitrogen and oxygen atoms in total. The minimum absolute atomic E-state index is 0.0676. The SMILES string of the molecule is CC1(C)CC(NC(=O)C(=O)Nc2ccc(-n3cc(CCCCCO)nn3)cc2)CC(C)(C)N1. The molecule has 4 N–H and O–H groups in total. The summed E-state index contributed by atoms with van der Waals surface area (Å²) < 4.78 is 1.68. The Labute approximate surface area is 195 Å². The molecule has 3 rings (SSSR count). The molecule has 180 valence electrons. The predicted octanol–water partition coefficient (Wildman–Crippen LogP) is 2.34. The van der Waals surface area contributed by atoms with E-state index < -0.39 is 11.8 Å². The van der Waals surface area contributed by atoms with E-state index in [0.717, 1.165) is 49.9 Å². The molecular weight excluding hydrogens is 420 g/mol. The number of aromatic nitrogens is 3. The normalized spacial score (nSPS) is 17.5. The van der Waals surface area contributed by atoms with Crippen molar-refractivity contribution in [1.82, 2.24) is 25.6 Å². The first-order valence-corrected chi connectivity index (χ1v) is 11.6. The van der Waals surface area contributed by atoms with Crippen LogP contribution in [0.3, 0.4) is 0 Å². The van der Waals surface area contributed by atoms with Crippen molar-refractivity contribution in [2.24, 2.45) is 0 Å². The minimum atomic E-state index is -0.678. The molecule has 1 fully saturated rings. The maximum Gasteiger partial charge on any atom is 0.313 e. The molecule has 0 unspecified atom stereocenters. The second kappa shape index (κ2) is 10.4. The number of carbonyl (C=O) groups excluding carboxylic acids is 2. The molecule has 33 heavy (non-hydrogen) atoms. The van der Waals surface area contributed by atoms with Crippen LogP contribution in [0.2, 0.25) is 0 Å². The lowest BCUT2D eigenvalue weighted by molar-refractivity contribution is -0.137. The average molecular weight is 457 g/mol. The maximum atomic E-state index is 12.5. The highest BCUT2D eigenvalue weighted by molar-refractivity contribution is 6.39. The van der Waals surface area contributed by atoms with Crippen molar-refractivity contribution in [1.29, 1.82) is 0 Å². The Morgan fingerprint density at radius 1 is 1.06 bits per heavy atom. The fourth-order valence-corrected chi connectivity index (χ4v) is 4.69. The lowest BCUT2D eigenvalue weighted by Crippen LogP contribution is -2.62. The van der Waals surface area contributed by atoms with E-state index in [1.165, 1.54) is 0 Å². The van der Waals surface area contributed by atoms with Crippen molar-refractivity contribution < 1.29 is 14.7 Å². The number of amides is 2. The molecule has 0 aliphatic carbocycles. The second-order valence-electron chi connectivity index (χ2n) is 10.2. The van der Waals surface area contributed by atoms with Gasteiger partial charge in [0.15, 0.2) is 0 Å². The Morgan fingerprint density at radius 2 is 1.73 bits per heavy atom. The number of rotatable bonds is 8. The van der Waals surface area contributed by atoms with Crippen LogP contribution in [0.1, 0.15) is 65.5 Å². The van der Waals surface area contributed by atoms with Gasteiger partial charge in [-0.2, -0.15) is 0 Å². The van der Waals surface area contributed by atoms with Gasteiger partial charge in [-0.05, 0) is 84.1 Å². The van der Waals surface area contributed by atoms with E-state index in [4.69, 9.17) is 5.11 Å². The largest absolute Gasteiger partial charge is 0.396 e. The van der Waals surface area contributed by atoms with Crippen molar-refractivity contribution in [3.8, 4) is 5.69 Å². The third kappa shape index (κ3) is 7.36. The molecule has 1 aliphatic heterocycles. The fraction of sp³-hybridized carbons (Fsp3) is 0.583. The summed E-state index contributed by atoms with van der Waals surface area (Å²) in [6.45, 7) is 8.62. The number of nitrogens with one attached hydrogen (secondary N) is 3. The maximum absolute atomic E-state index is 12.5. The molecule has 1 saturated heterocycles. The van der Waals surface area contributed by atoms with Gasteiger partial charge in [-0.3, -0.25) is 9.59 Å². The highest BCUT2D eigenvalue weighted by Crippen LogP contribution is 2.28. The molecular formula is C24H36N6O3. The Balaban J connectivity index is 1.52. The standard InChI is InChI=1S/C24H36N6O3/c1-23(2)14-19(15-24(3,4)28-23)26-22(33)21(32)25-17-9-11-20(12-10-17)30-16-18(27-29-30)8-6-5-7-13-31/h9-12,16,19,28,31H,5-8,13-15H2,1-4H3,(H,25,32)(H,26,33). The van der Waals surface area contributed by atoms with Crippen LogP contribution in [0.15, 0.2) is 30.5 Å². The number of aryl methyl sites for hydroxylation is 1. The molecule has 2 heterocycles. The van der Waals surface area contributed by atoms with Crippen molar-refractivity contribution in [2.75, 3.05) is 11.9 Å². The summed E-state index contributed by atoms with van der Waals surface area (Å²) in [6, 6.07) is 7.03. The topological polar surface area (TPSA) is 121 Å². The fourth-order valence-electron chi connectivity index (χ4n) is 4.69. The lowest BCUT2D eigenvalue weighted by atomic mass is 9.79. The Kier molecular flexibility index (Phi) is 7.86. The molecule has 0 saturated carbocycles. The van der Waals surface area contributed by atoms with Crippen LogP contribution in [-0.4, -0.2) is 55.6 Å². The molecule has 2 aromatic rings.